The molecule has 0 aliphatic heterocycles. The van der Waals surface area contributed by atoms with Crippen LogP contribution >= 0.6 is 11.6 Å². The van der Waals surface area contributed by atoms with Gasteiger partial charge in [0.05, 0.1) is 0 Å². The second-order valence-corrected chi connectivity index (χ2v) is 9.08. The van der Waals surface area contributed by atoms with Crippen molar-refractivity contribution in [3.63, 3.8) is 0 Å². The lowest BCUT2D eigenvalue weighted by molar-refractivity contribution is -0.0892. The van der Waals surface area contributed by atoms with Gasteiger partial charge < -0.3 is 10.6 Å². The smallest absolute Gasteiger partial charge is 0.326 e. The molecule has 0 spiro atoms. The molecule has 0 saturated heterocycles. The van der Waals surface area contributed by atoms with Gasteiger partial charge in [-0.3, -0.25) is 4.79 Å². The van der Waals surface area contributed by atoms with E-state index in [-0.39, 0.29) is 27.5 Å². The maximum absolute atomic E-state index is 14.1. The first kappa shape index (κ1) is 30.6. The normalized spacial score (nSPS) is 18.1. The maximum atomic E-state index is 14.1. The molecule has 4 nitrogen and oxygen atoms in total. The summed E-state index contributed by atoms with van der Waals surface area (Å²) in [5, 5.41) is 5.45. The molecule has 0 aromatic heterocycles. The SMILES string of the molecule is CC/C1=C(CC)\C(N/C(=N\C(=O)c2ccc(F)c(F)c2)Nc2cc(F)cc(Cl)c2)=C(\C)C(C(F)(F)F)=C=C=CC1. The summed E-state index contributed by atoms with van der Waals surface area (Å²) in [5.74, 6) is -4.68. The minimum Gasteiger partial charge on any atom is -0.326 e. The van der Waals surface area contributed by atoms with Crippen molar-refractivity contribution in [3.05, 3.63) is 110 Å². The molecule has 210 valence electrons. The van der Waals surface area contributed by atoms with Gasteiger partial charge in [0.25, 0.3) is 5.91 Å². The fraction of sp³-hybridized carbons (Fsp3) is 0.241. The summed E-state index contributed by atoms with van der Waals surface area (Å²) in [4.78, 5) is 16.8. The third-order valence-electron chi connectivity index (χ3n) is 5.94. The van der Waals surface area contributed by atoms with E-state index in [1.165, 1.54) is 19.1 Å². The number of nitrogens with one attached hydrogen (secondary N) is 2. The average Bonchev–Trinajstić information content (AvgIpc) is 2.92. The van der Waals surface area contributed by atoms with E-state index in [1.807, 2.05) is 6.92 Å². The Labute approximate surface area is 232 Å². The highest BCUT2D eigenvalue weighted by atomic mass is 35.5. The minimum absolute atomic E-state index is 0.00691. The Morgan fingerprint density at radius 3 is 2.35 bits per heavy atom. The van der Waals surface area contributed by atoms with Crippen LogP contribution in [0, 0.1) is 17.5 Å². The summed E-state index contributed by atoms with van der Waals surface area (Å²) in [6, 6.07) is 5.73. The van der Waals surface area contributed by atoms with Gasteiger partial charge in [0.15, 0.2) is 11.6 Å². The minimum atomic E-state index is -4.80. The first-order valence-corrected chi connectivity index (χ1v) is 12.5. The molecule has 0 fully saturated rings. The number of allylic oxidation sites excluding steroid dienone is 5. The molecule has 3 rings (SSSR count). The quantitative estimate of drug-likeness (QED) is 0.161. The maximum Gasteiger partial charge on any atom is 0.424 e. The fourth-order valence-electron chi connectivity index (χ4n) is 4.04. The van der Waals surface area contributed by atoms with Crippen molar-refractivity contribution < 1.29 is 31.1 Å². The lowest BCUT2D eigenvalue weighted by atomic mass is 9.93. The lowest BCUT2D eigenvalue weighted by Gasteiger charge is -2.23. The van der Waals surface area contributed by atoms with Crippen LogP contribution in [0.1, 0.15) is 50.4 Å². The van der Waals surface area contributed by atoms with Crippen LogP contribution in [0.3, 0.4) is 0 Å². The van der Waals surface area contributed by atoms with Crippen molar-refractivity contribution in [2.45, 2.75) is 46.2 Å². The standard InChI is InChI=1S/C29H24ClF6N3O/c1-4-17-8-6-7-9-23(29(34,35)36)16(3)26(22(17)5-2)38-28(37-21-14-19(30)13-20(31)15-21)39-27(40)18-10-11-24(32)25(33)12-18/h6,10-15H,4-5,8H2,1-3H3,(H2,37,38,39,40)/b22-17+,23-6?,26-16+. The zero-order valence-electron chi connectivity index (χ0n) is 21.7. The van der Waals surface area contributed by atoms with Gasteiger partial charge in [-0.1, -0.05) is 42.5 Å². The van der Waals surface area contributed by atoms with Gasteiger partial charge in [-0.2, -0.15) is 18.2 Å². The number of halogens is 7. The summed E-state index contributed by atoms with van der Waals surface area (Å²) in [7, 11) is 0. The van der Waals surface area contributed by atoms with E-state index in [0.29, 0.717) is 30.9 Å². The number of carbonyl (C=O) groups is 1. The molecule has 1 aliphatic carbocycles. The molecule has 0 bridgehead atoms. The van der Waals surface area contributed by atoms with Crippen LogP contribution in [0.5, 0.6) is 0 Å². The number of hydrogen-bond donors (Lipinski definition) is 2. The molecule has 0 heterocycles. The number of alkyl halides is 3. The molecule has 0 radical (unpaired) electrons. The van der Waals surface area contributed by atoms with E-state index in [1.54, 1.807) is 6.92 Å². The van der Waals surface area contributed by atoms with E-state index in [2.05, 4.69) is 27.1 Å². The van der Waals surface area contributed by atoms with Crippen LogP contribution in [0.2, 0.25) is 5.02 Å². The molecule has 1 amide bonds. The van der Waals surface area contributed by atoms with Gasteiger partial charge in [0.2, 0.25) is 5.96 Å². The molecular formula is C29H24ClF6N3O. The molecule has 0 atom stereocenters. The van der Waals surface area contributed by atoms with Gasteiger partial charge in [0.1, 0.15) is 11.4 Å². The molecule has 0 unspecified atom stereocenters. The first-order chi connectivity index (χ1) is 18.8. The van der Waals surface area contributed by atoms with E-state index in [4.69, 9.17) is 11.6 Å². The number of aliphatic imine (C=N–C) groups is 1. The Morgan fingerprint density at radius 1 is 1.02 bits per heavy atom. The Morgan fingerprint density at radius 2 is 1.75 bits per heavy atom. The predicted octanol–water partition coefficient (Wildman–Crippen LogP) is 8.55. The van der Waals surface area contributed by atoms with E-state index in [9.17, 15) is 31.1 Å². The summed E-state index contributed by atoms with van der Waals surface area (Å²) >= 11 is 5.94. The topological polar surface area (TPSA) is 53.5 Å². The van der Waals surface area contributed by atoms with Gasteiger partial charge in [-0.15, -0.1) is 0 Å². The molecule has 2 aromatic rings. The highest BCUT2D eigenvalue weighted by molar-refractivity contribution is 6.31. The summed E-state index contributed by atoms with van der Waals surface area (Å²) in [6.07, 6.45) is -2.25. The molecule has 1 aliphatic rings. The zero-order valence-corrected chi connectivity index (χ0v) is 22.4. The molecular weight excluding hydrogens is 556 g/mol. The Bertz CT molecular complexity index is 1500. The Kier molecular flexibility index (Phi) is 9.88. The summed E-state index contributed by atoms with van der Waals surface area (Å²) in [5.41, 5.74) is 4.27. The predicted molar refractivity (Wildman–Crippen MR) is 142 cm³/mol. The Hall–Kier alpha value is -3.97. The van der Waals surface area contributed by atoms with Gasteiger partial charge in [-0.25, -0.2) is 13.2 Å². The third kappa shape index (κ3) is 7.57. The average molecular weight is 580 g/mol. The lowest BCUT2D eigenvalue weighted by Crippen LogP contribution is -2.33. The largest absolute Gasteiger partial charge is 0.424 e. The van der Waals surface area contributed by atoms with E-state index in [0.717, 1.165) is 29.8 Å². The van der Waals surface area contributed by atoms with E-state index >= 15 is 0 Å². The molecule has 40 heavy (non-hydrogen) atoms. The molecule has 11 heteroatoms. The van der Waals surface area contributed by atoms with Gasteiger partial charge >= 0.3 is 6.18 Å². The number of carbonyl (C=O) groups excluding carboxylic acids is 1. The summed E-state index contributed by atoms with van der Waals surface area (Å²) < 4.78 is 83.4. The number of hydrogen-bond acceptors (Lipinski definition) is 1. The van der Waals surface area contributed by atoms with Crippen molar-refractivity contribution in [3.8, 4) is 0 Å². The monoisotopic (exact) mass is 579 g/mol. The highest BCUT2D eigenvalue weighted by Gasteiger charge is 2.37. The number of anilines is 1. The van der Waals surface area contributed by atoms with E-state index < -0.39 is 41.1 Å². The van der Waals surface area contributed by atoms with Gasteiger partial charge in [0, 0.05) is 22.0 Å². The zero-order chi connectivity index (χ0) is 29.6. The van der Waals surface area contributed by atoms with Crippen LogP contribution in [0.25, 0.3) is 0 Å². The fourth-order valence-corrected chi connectivity index (χ4v) is 4.26. The number of rotatable bonds is 5. The van der Waals surface area contributed by atoms with Crippen molar-refractivity contribution in [2.24, 2.45) is 4.99 Å². The molecule has 2 N–H and O–H groups in total. The van der Waals surface area contributed by atoms with Crippen molar-refractivity contribution in [2.75, 3.05) is 5.32 Å². The van der Waals surface area contributed by atoms with Crippen LogP contribution in [-0.2, 0) is 0 Å². The highest BCUT2D eigenvalue weighted by Crippen LogP contribution is 2.35. The third-order valence-corrected chi connectivity index (χ3v) is 6.16. The number of benzene rings is 2. The molecule has 2 aromatic carbocycles. The van der Waals surface area contributed by atoms with Crippen molar-refractivity contribution in [1.29, 1.82) is 0 Å². The Balaban J connectivity index is 2.25. The van der Waals surface area contributed by atoms with Crippen molar-refractivity contribution >= 4 is 29.2 Å². The molecule has 0 saturated carbocycles. The number of nitrogens with zero attached hydrogens (tertiary/aromatic N) is 1. The first-order valence-electron chi connectivity index (χ1n) is 12.1. The second kappa shape index (κ2) is 12.9. The van der Waals surface area contributed by atoms with Crippen LogP contribution in [0.15, 0.2) is 86.9 Å². The van der Waals surface area contributed by atoms with Gasteiger partial charge in [-0.05, 0) is 79.8 Å². The number of amides is 1. The van der Waals surface area contributed by atoms with Crippen LogP contribution < -0.4 is 10.6 Å². The summed E-state index contributed by atoms with van der Waals surface area (Å²) in [6.45, 7) is 4.84. The van der Waals surface area contributed by atoms with Crippen LogP contribution in [-0.4, -0.2) is 18.0 Å². The van der Waals surface area contributed by atoms with Crippen LogP contribution in [0.4, 0.5) is 32.0 Å². The van der Waals surface area contributed by atoms with Crippen molar-refractivity contribution in [1.82, 2.24) is 5.32 Å². The second-order valence-electron chi connectivity index (χ2n) is 8.64. The number of guanidine groups is 1.